The van der Waals surface area contributed by atoms with Crippen LogP contribution in [-0.4, -0.2) is 82.0 Å². The standard InChI is InChI=1S/C20H26N6O.2C2HF3O2/c1-13-10-23-20(24-11-13)26-7-5-15-9-16(19(27)21-2)18(22-12-14-3-4-14)25-17(15)6-8-26;2*3-2(4,5)1(6)7/h9-11,14H,3-8,12H2,1-2H3,(H,21,27)(H,22,25);2*(H,6,7). The predicted octanol–water partition coefficient (Wildman–Crippen LogP) is 3.23. The van der Waals surface area contributed by atoms with Gasteiger partial charge in [0.15, 0.2) is 0 Å². The molecule has 17 heteroatoms. The van der Waals surface area contributed by atoms with Gasteiger partial charge in [-0.2, -0.15) is 26.3 Å². The van der Waals surface area contributed by atoms with E-state index in [9.17, 15) is 31.1 Å². The summed E-state index contributed by atoms with van der Waals surface area (Å²) in [6.45, 7) is 4.52. The lowest BCUT2D eigenvalue weighted by molar-refractivity contribution is -0.193. The number of anilines is 2. The van der Waals surface area contributed by atoms with Gasteiger partial charge in [-0.15, -0.1) is 0 Å². The summed E-state index contributed by atoms with van der Waals surface area (Å²) < 4.78 is 63.5. The first-order valence-corrected chi connectivity index (χ1v) is 12.2. The summed E-state index contributed by atoms with van der Waals surface area (Å²) in [4.78, 5) is 46.1. The maximum absolute atomic E-state index is 12.4. The van der Waals surface area contributed by atoms with Crippen LogP contribution in [0.4, 0.5) is 38.1 Å². The minimum Gasteiger partial charge on any atom is -0.475 e. The maximum atomic E-state index is 12.4. The van der Waals surface area contributed by atoms with Gasteiger partial charge in [0.25, 0.3) is 5.91 Å². The van der Waals surface area contributed by atoms with Gasteiger partial charge in [0.2, 0.25) is 5.95 Å². The first kappa shape index (κ1) is 33.0. The number of pyridine rings is 1. The molecule has 2 aromatic rings. The summed E-state index contributed by atoms with van der Waals surface area (Å²) in [6.07, 6.45) is -2.30. The van der Waals surface area contributed by atoms with Crippen molar-refractivity contribution in [1.82, 2.24) is 20.3 Å². The van der Waals surface area contributed by atoms with Crippen LogP contribution in [0.15, 0.2) is 18.5 Å². The number of rotatable bonds is 5. The Morgan fingerprint density at radius 3 is 1.95 bits per heavy atom. The molecule has 1 fully saturated rings. The third-order valence-electron chi connectivity index (χ3n) is 5.72. The van der Waals surface area contributed by atoms with Gasteiger partial charge in [0.05, 0.1) is 5.56 Å². The Morgan fingerprint density at radius 1 is 0.976 bits per heavy atom. The number of carboxylic acids is 2. The SMILES string of the molecule is CNC(=O)c1cc2c(nc1NCC1CC1)CCN(c1ncc(C)cn1)CC2.O=C(O)C(F)(F)F.O=C(O)C(F)(F)F. The number of hydrogen-bond acceptors (Lipinski definition) is 8. The number of carboxylic acid groups (broad SMARTS) is 2. The van der Waals surface area contributed by atoms with Gasteiger partial charge in [-0.3, -0.25) is 4.79 Å². The molecule has 4 N–H and O–H groups in total. The van der Waals surface area contributed by atoms with Crippen LogP contribution >= 0.6 is 0 Å². The van der Waals surface area contributed by atoms with Crippen LogP contribution in [0.25, 0.3) is 0 Å². The summed E-state index contributed by atoms with van der Waals surface area (Å²) in [5.41, 5.74) is 3.90. The molecule has 0 unspecified atom stereocenters. The maximum Gasteiger partial charge on any atom is 0.490 e. The number of alkyl halides is 6. The van der Waals surface area contributed by atoms with E-state index in [1.54, 1.807) is 7.05 Å². The van der Waals surface area contributed by atoms with Crippen LogP contribution in [0.1, 0.15) is 40.0 Å². The van der Waals surface area contributed by atoms with Gasteiger partial charge in [-0.05, 0) is 49.3 Å². The first-order valence-electron chi connectivity index (χ1n) is 12.2. The Balaban J connectivity index is 0.000000349. The Morgan fingerprint density at radius 2 is 1.49 bits per heavy atom. The van der Waals surface area contributed by atoms with Crippen LogP contribution < -0.4 is 15.5 Å². The molecule has 2 aliphatic rings. The molecule has 3 heterocycles. The molecule has 0 saturated heterocycles. The number of aryl methyl sites for hydroxylation is 1. The monoisotopic (exact) mass is 594 g/mol. The molecule has 0 aromatic carbocycles. The fraction of sp³-hybridized carbons (Fsp3) is 0.500. The molecule has 1 saturated carbocycles. The lowest BCUT2D eigenvalue weighted by atomic mass is 10.1. The highest BCUT2D eigenvalue weighted by Gasteiger charge is 2.38. The highest BCUT2D eigenvalue weighted by atomic mass is 19.4. The summed E-state index contributed by atoms with van der Waals surface area (Å²) in [5, 5.41) is 20.4. The van der Waals surface area contributed by atoms with Crippen molar-refractivity contribution in [3.63, 3.8) is 0 Å². The highest BCUT2D eigenvalue weighted by molar-refractivity contribution is 5.98. The normalized spacial score (nSPS) is 14.7. The quantitative estimate of drug-likeness (QED) is 0.379. The molecule has 0 atom stereocenters. The van der Waals surface area contributed by atoms with E-state index < -0.39 is 24.3 Å². The molecule has 0 radical (unpaired) electrons. The minimum absolute atomic E-state index is 0.0911. The van der Waals surface area contributed by atoms with Gasteiger partial charge in [-0.25, -0.2) is 24.5 Å². The van der Waals surface area contributed by atoms with E-state index in [2.05, 4.69) is 25.5 Å². The fourth-order valence-corrected chi connectivity index (χ4v) is 3.39. The number of amides is 1. The van der Waals surface area contributed by atoms with Crippen molar-refractivity contribution in [2.24, 2.45) is 5.92 Å². The number of nitrogens with one attached hydrogen (secondary N) is 2. The molecule has 1 aliphatic heterocycles. The summed E-state index contributed by atoms with van der Waals surface area (Å²) in [5.74, 6) is -3.42. The van der Waals surface area contributed by atoms with Crippen molar-refractivity contribution in [3.8, 4) is 0 Å². The molecule has 1 aliphatic carbocycles. The van der Waals surface area contributed by atoms with Crippen LogP contribution in [0.5, 0.6) is 0 Å². The minimum atomic E-state index is -5.08. The predicted molar refractivity (Wildman–Crippen MR) is 133 cm³/mol. The Hall–Kier alpha value is -4.18. The van der Waals surface area contributed by atoms with Gasteiger partial charge in [0, 0.05) is 51.2 Å². The van der Waals surface area contributed by atoms with Crippen LogP contribution in [0, 0.1) is 12.8 Å². The third kappa shape index (κ3) is 10.7. The summed E-state index contributed by atoms with van der Waals surface area (Å²) >= 11 is 0. The zero-order valence-corrected chi connectivity index (χ0v) is 21.9. The van der Waals surface area contributed by atoms with Crippen molar-refractivity contribution >= 4 is 29.6 Å². The molecule has 41 heavy (non-hydrogen) atoms. The topological polar surface area (TPSA) is 158 Å². The molecule has 0 bridgehead atoms. The number of hydrogen-bond donors (Lipinski definition) is 4. The molecular formula is C24H28F6N6O5. The van der Waals surface area contributed by atoms with Crippen LogP contribution in [-0.2, 0) is 22.4 Å². The first-order chi connectivity index (χ1) is 19.0. The van der Waals surface area contributed by atoms with E-state index in [1.807, 2.05) is 25.4 Å². The number of halogens is 6. The fourth-order valence-electron chi connectivity index (χ4n) is 3.39. The Bertz CT molecular complexity index is 1200. The number of aliphatic carboxylic acids is 2. The average molecular weight is 595 g/mol. The second-order valence-electron chi connectivity index (χ2n) is 9.05. The van der Waals surface area contributed by atoms with E-state index in [0.29, 0.717) is 11.4 Å². The lowest BCUT2D eigenvalue weighted by Crippen LogP contribution is -2.27. The van der Waals surface area contributed by atoms with E-state index in [1.165, 1.54) is 12.8 Å². The van der Waals surface area contributed by atoms with Gasteiger partial charge < -0.3 is 25.7 Å². The smallest absolute Gasteiger partial charge is 0.475 e. The van der Waals surface area contributed by atoms with Gasteiger partial charge in [-0.1, -0.05) is 0 Å². The zero-order valence-electron chi connectivity index (χ0n) is 21.9. The van der Waals surface area contributed by atoms with E-state index in [0.717, 1.165) is 61.2 Å². The number of carbonyl (C=O) groups is 3. The second kappa shape index (κ2) is 13.9. The molecule has 0 spiro atoms. The van der Waals surface area contributed by atoms with Crippen LogP contribution in [0.3, 0.4) is 0 Å². The number of fused-ring (bicyclic) bond motifs is 1. The highest BCUT2D eigenvalue weighted by Crippen LogP contribution is 2.30. The van der Waals surface area contributed by atoms with Crippen molar-refractivity contribution in [2.75, 3.05) is 36.9 Å². The Kier molecular flexibility index (Phi) is 11.2. The summed E-state index contributed by atoms with van der Waals surface area (Å²) in [6, 6.07) is 2.01. The molecule has 1 amide bonds. The molecule has 226 valence electrons. The molecule has 4 rings (SSSR count). The van der Waals surface area contributed by atoms with Gasteiger partial charge >= 0.3 is 24.3 Å². The van der Waals surface area contributed by atoms with E-state index in [4.69, 9.17) is 24.8 Å². The van der Waals surface area contributed by atoms with Crippen LogP contribution in [0.2, 0.25) is 0 Å². The largest absolute Gasteiger partial charge is 0.490 e. The Labute approximate surface area is 230 Å². The number of nitrogens with zero attached hydrogens (tertiary/aromatic N) is 4. The molecular weight excluding hydrogens is 566 g/mol. The van der Waals surface area contributed by atoms with E-state index in [-0.39, 0.29) is 5.91 Å². The van der Waals surface area contributed by atoms with Gasteiger partial charge in [0.1, 0.15) is 5.82 Å². The van der Waals surface area contributed by atoms with E-state index >= 15 is 0 Å². The van der Waals surface area contributed by atoms with Crippen molar-refractivity contribution in [1.29, 1.82) is 0 Å². The lowest BCUT2D eigenvalue weighted by Gasteiger charge is -2.19. The zero-order chi connectivity index (χ0) is 31.0. The third-order valence-corrected chi connectivity index (χ3v) is 5.72. The van der Waals surface area contributed by atoms with Crippen molar-refractivity contribution < 1.29 is 50.9 Å². The second-order valence-corrected chi connectivity index (χ2v) is 9.05. The molecule has 11 nitrogen and oxygen atoms in total. The number of aromatic nitrogens is 3. The van der Waals surface area contributed by atoms with Crippen molar-refractivity contribution in [3.05, 3.63) is 40.8 Å². The summed E-state index contributed by atoms with van der Waals surface area (Å²) in [7, 11) is 1.66. The number of carbonyl (C=O) groups excluding carboxylic acids is 1. The molecule has 2 aromatic heterocycles. The van der Waals surface area contributed by atoms with Crippen molar-refractivity contribution in [2.45, 2.75) is 45.0 Å². The average Bonchev–Trinajstić information content (AvgIpc) is 3.73.